The molecular formula is C6H13O3. The summed E-state index contributed by atoms with van der Waals surface area (Å²) in [5, 5.41) is 26.4. The zero-order valence-corrected chi connectivity index (χ0v) is 5.65. The minimum Gasteiger partial charge on any atom is -0.391 e. The first-order chi connectivity index (χ1) is 4.09. The third kappa shape index (κ3) is 2.79. The second-order valence-corrected chi connectivity index (χ2v) is 2.06. The van der Waals surface area contributed by atoms with Crippen molar-refractivity contribution in [2.45, 2.75) is 32.2 Å². The SMILES string of the molecule is C[CH]C(O)C(O)C(C)O. The first-order valence-corrected chi connectivity index (χ1v) is 2.93. The predicted octanol–water partition coefficient (Wildman–Crippen LogP) is -0.687. The van der Waals surface area contributed by atoms with Gasteiger partial charge in [-0.3, -0.25) is 0 Å². The van der Waals surface area contributed by atoms with Crippen LogP contribution in [0.1, 0.15) is 13.8 Å². The molecule has 0 saturated heterocycles. The van der Waals surface area contributed by atoms with Crippen molar-refractivity contribution in [1.82, 2.24) is 0 Å². The smallest absolute Gasteiger partial charge is 0.106 e. The van der Waals surface area contributed by atoms with Crippen LogP contribution in [0.5, 0.6) is 0 Å². The molecule has 3 atom stereocenters. The quantitative estimate of drug-likeness (QED) is 0.477. The molecular weight excluding hydrogens is 120 g/mol. The fourth-order valence-corrected chi connectivity index (χ4v) is 0.483. The van der Waals surface area contributed by atoms with Gasteiger partial charge in [0.15, 0.2) is 0 Å². The van der Waals surface area contributed by atoms with E-state index in [4.69, 9.17) is 15.3 Å². The molecule has 3 nitrogen and oxygen atoms in total. The van der Waals surface area contributed by atoms with Crippen LogP contribution in [0.15, 0.2) is 0 Å². The van der Waals surface area contributed by atoms with Crippen molar-refractivity contribution in [2.75, 3.05) is 0 Å². The van der Waals surface area contributed by atoms with E-state index in [-0.39, 0.29) is 0 Å². The Morgan fingerprint density at radius 2 is 1.67 bits per heavy atom. The van der Waals surface area contributed by atoms with Gasteiger partial charge in [0.1, 0.15) is 6.10 Å². The van der Waals surface area contributed by atoms with Gasteiger partial charge in [0.05, 0.1) is 12.2 Å². The molecule has 0 bridgehead atoms. The normalized spacial score (nSPS) is 21.0. The van der Waals surface area contributed by atoms with Crippen molar-refractivity contribution in [3.05, 3.63) is 6.42 Å². The third-order valence-electron chi connectivity index (χ3n) is 1.19. The molecule has 0 aliphatic carbocycles. The van der Waals surface area contributed by atoms with Gasteiger partial charge in [-0.25, -0.2) is 0 Å². The van der Waals surface area contributed by atoms with Crippen LogP contribution in [0.25, 0.3) is 0 Å². The van der Waals surface area contributed by atoms with Crippen LogP contribution >= 0.6 is 0 Å². The maximum atomic E-state index is 8.86. The molecule has 0 aromatic heterocycles. The first kappa shape index (κ1) is 8.88. The van der Waals surface area contributed by atoms with Crippen molar-refractivity contribution in [3.63, 3.8) is 0 Å². The molecule has 0 aromatic rings. The second kappa shape index (κ2) is 3.82. The van der Waals surface area contributed by atoms with Crippen molar-refractivity contribution < 1.29 is 15.3 Å². The third-order valence-corrected chi connectivity index (χ3v) is 1.19. The molecule has 0 rings (SSSR count). The summed E-state index contributed by atoms with van der Waals surface area (Å²) in [5.41, 5.74) is 0. The van der Waals surface area contributed by atoms with Gasteiger partial charge in [-0.1, -0.05) is 6.92 Å². The van der Waals surface area contributed by atoms with E-state index in [1.165, 1.54) is 13.3 Å². The molecule has 0 saturated carbocycles. The molecule has 0 spiro atoms. The number of hydrogen-bond donors (Lipinski definition) is 3. The van der Waals surface area contributed by atoms with E-state index in [9.17, 15) is 0 Å². The van der Waals surface area contributed by atoms with Crippen LogP contribution in [0.4, 0.5) is 0 Å². The van der Waals surface area contributed by atoms with E-state index in [2.05, 4.69) is 0 Å². The molecule has 3 heteroatoms. The molecule has 0 heterocycles. The summed E-state index contributed by atoms with van der Waals surface area (Å²) in [6.07, 6.45) is -1.44. The standard InChI is InChI=1S/C6H13O3/c1-3-5(8)6(9)4(2)7/h3-9H,1-2H3. The molecule has 0 aliphatic heterocycles. The van der Waals surface area contributed by atoms with Crippen LogP contribution in [0.2, 0.25) is 0 Å². The van der Waals surface area contributed by atoms with Crippen molar-refractivity contribution in [1.29, 1.82) is 0 Å². The lowest BCUT2D eigenvalue weighted by molar-refractivity contribution is -0.0384. The fourth-order valence-electron chi connectivity index (χ4n) is 0.483. The zero-order chi connectivity index (χ0) is 7.44. The van der Waals surface area contributed by atoms with Crippen LogP contribution < -0.4 is 0 Å². The van der Waals surface area contributed by atoms with Gasteiger partial charge in [0.25, 0.3) is 0 Å². The van der Waals surface area contributed by atoms with Crippen molar-refractivity contribution in [3.8, 4) is 0 Å². The molecule has 9 heavy (non-hydrogen) atoms. The summed E-state index contributed by atoms with van der Waals surface area (Å²) >= 11 is 0. The van der Waals surface area contributed by atoms with Crippen LogP contribution in [-0.2, 0) is 0 Å². The Kier molecular flexibility index (Phi) is 3.77. The number of aliphatic hydroxyl groups excluding tert-OH is 3. The lowest BCUT2D eigenvalue weighted by atomic mass is 10.1. The minimum atomic E-state index is -1.06. The average Bonchev–Trinajstić information content (AvgIpc) is 1.84. The molecule has 1 radical (unpaired) electrons. The topological polar surface area (TPSA) is 60.7 Å². The Labute approximate surface area is 54.9 Å². The molecule has 0 aromatic carbocycles. The minimum absolute atomic E-state index is 0.879. The van der Waals surface area contributed by atoms with E-state index < -0.39 is 18.3 Å². The Morgan fingerprint density at radius 3 is 1.78 bits per heavy atom. The summed E-state index contributed by atoms with van der Waals surface area (Å²) in [6.45, 7) is 3.05. The molecule has 3 N–H and O–H groups in total. The van der Waals surface area contributed by atoms with E-state index in [0.717, 1.165) is 0 Å². The van der Waals surface area contributed by atoms with E-state index >= 15 is 0 Å². The van der Waals surface area contributed by atoms with E-state index in [0.29, 0.717) is 0 Å². The van der Waals surface area contributed by atoms with Gasteiger partial charge in [0, 0.05) is 0 Å². The van der Waals surface area contributed by atoms with Crippen molar-refractivity contribution in [2.24, 2.45) is 0 Å². The summed E-state index contributed by atoms with van der Waals surface area (Å²) in [5.74, 6) is 0. The molecule has 0 amide bonds. The Balaban J connectivity index is 3.58. The van der Waals surface area contributed by atoms with Gasteiger partial charge in [-0.2, -0.15) is 0 Å². The summed E-state index contributed by atoms with van der Waals surface area (Å²) in [4.78, 5) is 0. The maximum Gasteiger partial charge on any atom is 0.106 e. The highest BCUT2D eigenvalue weighted by atomic mass is 16.4. The Hall–Kier alpha value is -0.120. The maximum absolute atomic E-state index is 8.86. The fraction of sp³-hybridized carbons (Fsp3) is 0.833. The number of hydrogen-bond acceptors (Lipinski definition) is 3. The van der Waals surface area contributed by atoms with Gasteiger partial charge in [0.2, 0.25) is 0 Å². The van der Waals surface area contributed by atoms with Gasteiger partial charge >= 0.3 is 0 Å². The lowest BCUT2D eigenvalue weighted by Gasteiger charge is -2.17. The van der Waals surface area contributed by atoms with E-state index in [1.807, 2.05) is 0 Å². The second-order valence-electron chi connectivity index (χ2n) is 2.06. The van der Waals surface area contributed by atoms with Crippen LogP contribution in [0, 0.1) is 6.42 Å². The van der Waals surface area contributed by atoms with Crippen LogP contribution in [0.3, 0.4) is 0 Å². The summed E-state index contributed by atoms with van der Waals surface area (Å²) in [6, 6.07) is 0. The Bertz CT molecular complexity index is 72.7. The van der Waals surface area contributed by atoms with Gasteiger partial charge in [-0.05, 0) is 13.3 Å². The summed E-state index contributed by atoms with van der Waals surface area (Å²) < 4.78 is 0. The molecule has 0 aliphatic rings. The van der Waals surface area contributed by atoms with Crippen LogP contribution in [-0.4, -0.2) is 33.6 Å². The van der Waals surface area contributed by atoms with Gasteiger partial charge < -0.3 is 15.3 Å². The monoisotopic (exact) mass is 133 g/mol. The Morgan fingerprint density at radius 1 is 1.22 bits per heavy atom. The molecule has 55 valence electrons. The average molecular weight is 133 g/mol. The number of rotatable bonds is 3. The summed E-state index contributed by atoms with van der Waals surface area (Å²) in [7, 11) is 0. The highest BCUT2D eigenvalue weighted by Crippen LogP contribution is 2.01. The highest BCUT2D eigenvalue weighted by Gasteiger charge is 2.18. The van der Waals surface area contributed by atoms with Crippen molar-refractivity contribution >= 4 is 0 Å². The number of aliphatic hydroxyl groups is 3. The first-order valence-electron chi connectivity index (χ1n) is 2.93. The highest BCUT2D eigenvalue weighted by molar-refractivity contribution is 4.80. The molecule has 3 unspecified atom stereocenters. The molecule has 0 fully saturated rings. The largest absolute Gasteiger partial charge is 0.391 e. The lowest BCUT2D eigenvalue weighted by Crippen LogP contribution is -2.35. The van der Waals surface area contributed by atoms with Gasteiger partial charge in [-0.15, -0.1) is 0 Å². The van der Waals surface area contributed by atoms with E-state index in [1.54, 1.807) is 6.92 Å². The predicted molar refractivity (Wildman–Crippen MR) is 33.7 cm³/mol. The zero-order valence-electron chi connectivity index (χ0n) is 5.65.